The van der Waals surface area contributed by atoms with Crippen molar-refractivity contribution in [3.63, 3.8) is 0 Å². The highest BCUT2D eigenvalue weighted by Crippen LogP contribution is 2.47. The normalized spacial score (nSPS) is 26.5. The highest BCUT2D eigenvalue weighted by molar-refractivity contribution is 7.85. The Kier molecular flexibility index (Phi) is 5.18. The maximum absolute atomic E-state index is 12.0. The number of carboxylic acid groups (broad SMARTS) is 1. The van der Waals surface area contributed by atoms with Crippen molar-refractivity contribution in [2.24, 2.45) is 5.41 Å². The number of carbonyl (C=O) groups is 1. The van der Waals surface area contributed by atoms with E-state index in [2.05, 4.69) is 14.9 Å². The Hall–Kier alpha value is -2.93. The van der Waals surface area contributed by atoms with Crippen molar-refractivity contribution in [1.82, 2.24) is 19.9 Å². The van der Waals surface area contributed by atoms with Crippen LogP contribution in [0.5, 0.6) is 11.9 Å². The largest absolute Gasteiger partial charge is 0.477 e. The summed E-state index contributed by atoms with van der Waals surface area (Å²) in [6, 6.07) is 1.64. The third-order valence-electron chi connectivity index (χ3n) is 7.52. The van der Waals surface area contributed by atoms with Gasteiger partial charge in [0.2, 0.25) is 5.88 Å². The zero-order chi connectivity index (χ0) is 24.4. The maximum Gasteiger partial charge on any atom is 0.407 e. The molecule has 4 aliphatic rings. The number of fused-ring (bicyclic) bond motifs is 5. The number of rotatable bonds is 6. The SMILES string of the molecule is CS(=O)(=O)OCC1(COc2nc3c4c(nccc4n2)OCCC2C4CCC(CN32)N4C(=O)O)CC1. The molecule has 1 N–H and O–H groups in total. The van der Waals surface area contributed by atoms with Crippen LogP contribution >= 0.6 is 0 Å². The lowest BCUT2D eigenvalue weighted by Gasteiger charge is -2.47. The molecule has 2 bridgehead atoms. The van der Waals surface area contributed by atoms with Crippen molar-refractivity contribution >= 4 is 32.9 Å². The summed E-state index contributed by atoms with van der Waals surface area (Å²) in [5.41, 5.74) is 0.259. The zero-order valence-electron chi connectivity index (χ0n) is 19.3. The van der Waals surface area contributed by atoms with Gasteiger partial charge < -0.3 is 19.5 Å². The van der Waals surface area contributed by atoms with E-state index >= 15 is 0 Å². The molecule has 35 heavy (non-hydrogen) atoms. The summed E-state index contributed by atoms with van der Waals surface area (Å²) in [6.07, 6.45) is 5.64. The van der Waals surface area contributed by atoms with Crippen molar-refractivity contribution in [1.29, 1.82) is 0 Å². The first-order valence-corrected chi connectivity index (χ1v) is 13.6. The van der Waals surface area contributed by atoms with Gasteiger partial charge in [0.25, 0.3) is 10.1 Å². The van der Waals surface area contributed by atoms with Crippen LogP contribution in [-0.2, 0) is 14.3 Å². The van der Waals surface area contributed by atoms with Gasteiger partial charge in [0, 0.05) is 24.6 Å². The molecule has 1 aliphatic carbocycles. The Morgan fingerprint density at radius 3 is 2.80 bits per heavy atom. The fraction of sp³-hybridized carbons (Fsp3) is 0.636. The lowest BCUT2D eigenvalue weighted by Crippen LogP contribution is -2.62. The summed E-state index contributed by atoms with van der Waals surface area (Å²) in [5, 5.41) is 10.5. The Bertz CT molecular complexity index is 1280. The van der Waals surface area contributed by atoms with E-state index in [9.17, 15) is 18.3 Å². The molecule has 3 unspecified atom stereocenters. The van der Waals surface area contributed by atoms with Crippen LogP contribution in [-0.4, -0.2) is 90.2 Å². The molecule has 3 aliphatic heterocycles. The number of hydrogen-bond acceptors (Lipinski definition) is 10. The molecule has 1 amide bonds. The summed E-state index contributed by atoms with van der Waals surface area (Å²) in [6.45, 7) is 1.25. The first kappa shape index (κ1) is 22.5. The van der Waals surface area contributed by atoms with Gasteiger partial charge in [0.1, 0.15) is 11.2 Å². The average Bonchev–Trinajstić information content (AvgIpc) is 3.50. The Morgan fingerprint density at radius 2 is 2.06 bits per heavy atom. The maximum atomic E-state index is 12.0. The third kappa shape index (κ3) is 4.10. The molecular formula is C22H27N5O7S. The molecule has 2 aromatic rings. The summed E-state index contributed by atoms with van der Waals surface area (Å²) < 4.78 is 39.8. The first-order chi connectivity index (χ1) is 16.7. The molecule has 2 aromatic heterocycles. The van der Waals surface area contributed by atoms with Crippen LogP contribution in [0.15, 0.2) is 12.3 Å². The van der Waals surface area contributed by atoms with Gasteiger partial charge in [-0.25, -0.2) is 9.78 Å². The van der Waals surface area contributed by atoms with Gasteiger partial charge in [-0.05, 0) is 31.7 Å². The van der Waals surface area contributed by atoms with Gasteiger partial charge in [-0.2, -0.15) is 18.4 Å². The molecule has 3 atom stereocenters. The standard InChI is InChI=1S/C22H27N5O7S/c1-35(30,31)34-12-22(6-7-22)11-33-20-24-14-4-8-23-19-17(14)18(25-20)26-10-13-2-3-16(27(13)21(28)29)15(26)5-9-32-19/h4,8,13,15-16H,2-3,5-7,9-12H2,1H3,(H,28,29). The topological polar surface area (TPSA) is 144 Å². The molecule has 2 saturated heterocycles. The van der Waals surface area contributed by atoms with Crippen LogP contribution in [0.4, 0.5) is 10.6 Å². The number of aromatic nitrogens is 3. The van der Waals surface area contributed by atoms with Gasteiger partial charge in [0.05, 0.1) is 49.7 Å². The van der Waals surface area contributed by atoms with E-state index in [0.29, 0.717) is 42.2 Å². The fourth-order valence-electron chi connectivity index (χ4n) is 5.55. The van der Waals surface area contributed by atoms with E-state index in [0.717, 1.165) is 31.9 Å². The molecule has 0 aromatic carbocycles. The third-order valence-corrected chi connectivity index (χ3v) is 8.07. The Balaban J connectivity index is 1.34. The number of pyridine rings is 1. The number of nitrogens with zero attached hydrogens (tertiary/aromatic N) is 5. The van der Waals surface area contributed by atoms with E-state index in [-0.39, 0.29) is 42.8 Å². The quantitative estimate of drug-likeness (QED) is 0.572. The molecule has 3 fully saturated rings. The van der Waals surface area contributed by atoms with E-state index in [1.165, 1.54) is 0 Å². The van der Waals surface area contributed by atoms with Crippen LogP contribution in [0.2, 0.25) is 0 Å². The van der Waals surface area contributed by atoms with Gasteiger partial charge in [0.15, 0.2) is 0 Å². The minimum absolute atomic E-state index is 0.0662. The molecule has 0 spiro atoms. The second-order valence-corrected chi connectivity index (χ2v) is 11.6. The molecule has 1 saturated carbocycles. The Labute approximate surface area is 202 Å². The molecular weight excluding hydrogens is 478 g/mol. The molecule has 6 rings (SSSR count). The number of ether oxygens (including phenoxy) is 2. The first-order valence-electron chi connectivity index (χ1n) is 11.8. The minimum Gasteiger partial charge on any atom is -0.477 e. The summed E-state index contributed by atoms with van der Waals surface area (Å²) in [4.78, 5) is 29.5. The van der Waals surface area contributed by atoms with Crippen molar-refractivity contribution < 1.29 is 32.0 Å². The van der Waals surface area contributed by atoms with Crippen molar-refractivity contribution in [2.75, 3.05) is 37.5 Å². The predicted molar refractivity (Wildman–Crippen MR) is 123 cm³/mol. The van der Waals surface area contributed by atoms with Gasteiger partial charge in [-0.3, -0.25) is 9.08 Å². The van der Waals surface area contributed by atoms with Crippen molar-refractivity contribution in [3.05, 3.63) is 12.3 Å². The monoisotopic (exact) mass is 505 g/mol. The van der Waals surface area contributed by atoms with Crippen molar-refractivity contribution in [3.8, 4) is 11.9 Å². The lowest BCUT2D eigenvalue weighted by molar-refractivity contribution is 0.0954. The fourth-order valence-corrected chi connectivity index (χ4v) is 6.02. The van der Waals surface area contributed by atoms with Crippen LogP contribution in [0.3, 0.4) is 0 Å². The van der Waals surface area contributed by atoms with E-state index in [1.54, 1.807) is 17.2 Å². The van der Waals surface area contributed by atoms with Gasteiger partial charge >= 0.3 is 12.1 Å². The summed E-state index contributed by atoms with van der Waals surface area (Å²) >= 11 is 0. The molecule has 188 valence electrons. The van der Waals surface area contributed by atoms with Crippen LogP contribution in [0.25, 0.3) is 10.9 Å². The lowest BCUT2D eigenvalue weighted by atomic mass is 9.99. The van der Waals surface area contributed by atoms with Crippen LogP contribution in [0, 0.1) is 5.41 Å². The number of amides is 1. The molecule has 13 heteroatoms. The second kappa shape index (κ2) is 8.05. The van der Waals surface area contributed by atoms with E-state index in [1.807, 2.05) is 0 Å². The zero-order valence-corrected chi connectivity index (χ0v) is 20.1. The van der Waals surface area contributed by atoms with E-state index in [4.69, 9.17) is 18.6 Å². The molecule has 5 heterocycles. The molecule has 0 radical (unpaired) electrons. The Morgan fingerprint density at radius 1 is 1.23 bits per heavy atom. The molecule has 12 nitrogen and oxygen atoms in total. The van der Waals surface area contributed by atoms with Gasteiger partial charge in [-0.1, -0.05) is 0 Å². The smallest absolute Gasteiger partial charge is 0.407 e. The van der Waals surface area contributed by atoms with Gasteiger partial charge in [-0.15, -0.1) is 0 Å². The second-order valence-electron chi connectivity index (χ2n) is 9.94. The average molecular weight is 506 g/mol. The summed E-state index contributed by atoms with van der Waals surface area (Å²) in [7, 11) is -3.53. The van der Waals surface area contributed by atoms with Crippen molar-refractivity contribution in [2.45, 2.75) is 50.2 Å². The summed E-state index contributed by atoms with van der Waals surface area (Å²) in [5.74, 6) is 1.09. The number of hydrogen-bond donors (Lipinski definition) is 1. The van der Waals surface area contributed by atoms with E-state index < -0.39 is 16.2 Å². The minimum atomic E-state index is -3.53. The van der Waals surface area contributed by atoms with Crippen LogP contribution in [0.1, 0.15) is 32.1 Å². The highest BCUT2D eigenvalue weighted by atomic mass is 32.2. The highest BCUT2D eigenvalue weighted by Gasteiger charge is 2.50. The number of anilines is 1. The van der Waals surface area contributed by atoms with Crippen LogP contribution < -0.4 is 14.4 Å². The number of piperazine rings is 1. The predicted octanol–water partition coefficient (Wildman–Crippen LogP) is 1.64.